The lowest BCUT2D eigenvalue weighted by molar-refractivity contribution is 0.509. The van der Waals surface area contributed by atoms with Crippen molar-refractivity contribution < 1.29 is 0 Å². The molecule has 1 heterocycles. The van der Waals surface area contributed by atoms with E-state index in [0.29, 0.717) is 12.6 Å². The van der Waals surface area contributed by atoms with Crippen LogP contribution < -0.4 is 5.32 Å². The van der Waals surface area contributed by atoms with Crippen LogP contribution in [0, 0.1) is 0 Å². The van der Waals surface area contributed by atoms with E-state index in [9.17, 15) is 0 Å². The highest BCUT2D eigenvalue weighted by Crippen LogP contribution is 2.14. The first-order valence-corrected chi connectivity index (χ1v) is 5.92. The average molecular weight is 251 g/mol. The van der Waals surface area contributed by atoms with Crippen LogP contribution in [0.15, 0.2) is 30.6 Å². The summed E-state index contributed by atoms with van der Waals surface area (Å²) in [5.74, 6) is 0.926. The molecule has 2 rings (SSSR count). The van der Waals surface area contributed by atoms with Gasteiger partial charge in [-0.3, -0.25) is 0 Å². The van der Waals surface area contributed by atoms with Gasteiger partial charge in [0, 0.05) is 16.8 Å². The summed E-state index contributed by atoms with van der Waals surface area (Å²) in [6, 6.07) is 7.92. The standard InChI is InChI=1S/C12H15ClN4/c1-9(2)17-12(15-8-16-17)7-14-11-5-3-10(13)4-6-11/h3-6,8-9,14H,7H2,1-2H3. The lowest BCUT2D eigenvalue weighted by atomic mass is 10.3. The molecule has 4 nitrogen and oxygen atoms in total. The highest BCUT2D eigenvalue weighted by atomic mass is 35.5. The third kappa shape index (κ3) is 2.97. The first-order chi connectivity index (χ1) is 8.16. The molecule has 0 amide bonds. The number of nitrogens with zero attached hydrogens (tertiary/aromatic N) is 3. The summed E-state index contributed by atoms with van der Waals surface area (Å²) in [4.78, 5) is 4.23. The Kier molecular flexibility index (Phi) is 3.64. The summed E-state index contributed by atoms with van der Waals surface area (Å²) < 4.78 is 1.91. The molecule has 0 aliphatic carbocycles. The second-order valence-electron chi connectivity index (χ2n) is 4.08. The maximum absolute atomic E-state index is 5.82. The van der Waals surface area contributed by atoms with Crippen LogP contribution in [0.3, 0.4) is 0 Å². The molecule has 2 aromatic rings. The van der Waals surface area contributed by atoms with Crippen molar-refractivity contribution in [3.8, 4) is 0 Å². The van der Waals surface area contributed by atoms with Gasteiger partial charge in [0.05, 0.1) is 6.54 Å². The number of rotatable bonds is 4. The Balaban J connectivity index is 2.02. The second kappa shape index (κ2) is 5.19. The van der Waals surface area contributed by atoms with Gasteiger partial charge in [-0.15, -0.1) is 0 Å². The van der Waals surface area contributed by atoms with E-state index >= 15 is 0 Å². The third-order valence-electron chi connectivity index (χ3n) is 2.43. The zero-order valence-corrected chi connectivity index (χ0v) is 10.6. The van der Waals surface area contributed by atoms with Crippen LogP contribution >= 0.6 is 11.6 Å². The Morgan fingerprint density at radius 1 is 1.29 bits per heavy atom. The van der Waals surface area contributed by atoms with Crippen molar-refractivity contribution in [2.75, 3.05) is 5.32 Å². The Hall–Kier alpha value is -1.55. The number of hydrogen-bond acceptors (Lipinski definition) is 3. The van der Waals surface area contributed by atoms with Gasteiger partial charge in [0.15, 0.2) is 0 Å². The summed E-state index contributed by atoms with van der Waals surface area (Å²) >= 11 is 5.82. The van der Waals surface area contributed by atoms with Gasteiger partial charge in [0.1, 0.15) is 12.2 Å². The van der Waals surface area contributed by atoms with E-state index in [0.717, 1.165) is 16.5 Å². The number of hydrogen-bond donors (Lipinski definition) is 1. The van der Waals surface area contributed by atoms with Gasteiger partial charge in [-0.05, 0) is 38.1 Å². The fraction of sp³-hybridized carbons (Fsp3) is 0.333. The van der Waals surface area contributed by atoms with E-state index in [1.165, 1.54) is 0 Å². The fourth-order valence-electron chi connectivity index (χ4n) is 1.58. The minimum absolute atomic E-state index is 0.319. The largest absolute Gasteiger partial charge is 0.378 e. The number of anilines is 1. The fourth-order valence-corrected chi connectivity index (χ4v) is 1.71. The van der Waals surface area contributed by atoms with Crippen LogP contribution in [0.4, 0.5) is 5.69 Å². The van der Waals surface area contributed by atoms with Crippen LogP contribution in [0.1, 0.15) is 25.7 Å². The van der Waals surface area contributed by atoms with Gasteiger partial charge < -0.3 is 5.32 Å². The molecular weight excluding hydrogens is 236 g/mol. The lowest BCUT2D eigenvalue weighted by Gasteiger charge is -2.10. The van der Waals surface area contributed by atoms with Crippen LogP contribution in [-0.2, 0) is 6.54 Å². The van der Waals surface area contributed by atoms with E-state index in [1.54, 1.807) is 6.33 Å². The summed E-state index contributed by atoms with van der Waals surface area (Å²) in [6.45, 7) is 4.82. The van der Waals surface area contributed by atoms with Crippen LogP contribution in [0.5, 0.6) is 0 Å². The monoisotopic (exact) mass is 250 g/mol. The van der Waals surface area contributed by atoms with E-state index in [1.807, 2.05) is 28.9 Å². The quantitative estimate of drug-likeness (QED) is 0.907. The predicted molar refractivity (Wildman–Crippen MR) is 69.2 cm³/mol. The molecule has 1 N–H and O–H groups in total. The lowest BCUT2D eigenvalue weighted by Crippen LogP contribution is -2.11. The number of nitrogens with one attached hydrogen (secondary N) is 1. The summed E-state index contributed by atoms with van der Waals surface area (Å²) in [5.41, 5.74) is 1.02. The molecule has 5 heteroatoms. The van der Waals surface area contributed by atoms with Gasteiger partial charge in [0.25, 0.3) is 0 Å². The first kappa shape index (κ1) is 11.9. The Labute approximate surface area is 106 Å². The van der Waals surface area contributed by atoms with Crippen molar-refractivity contribution >= 4 is 17.3 Å². The van der Waals surface area contributed by atoms with Crippen molar-refractivity contribution in [1.29, 1.82) is 0 Å². The SMILES string of the molecule is CC(C)n1ncnc1CNc1ccc(Cl)cc1. The van der Waals surface area contributed by atoms with Gasteiger partial charge in [-0.2, -0.15) is 5.10 Å². The molecule has 0 radical (unpaired) electrons. The highest BCUT2D eigenvalue weighted by Gasteiger charge is 2.06. The van der Waals surface area contributed by atoms with Crippen LogP contribution in [-0.4, -0.2) is 14.8 Å². The van der Waals surface area contributed by atoms with E-state index in [-0.39, 0.29) is 0 Å². The minimum atomic E-state index is 0.319. The molecule has 0 aliphatic heterocycles. The maximum Gasteiger partial charge on any atom is 0.146 e. The summed E-state index contributed by atoms with van der Waals surface area (Å²) in [5, 5.41) is 8.21. The van der Waals surface area contributed by atoms with Crippen LogP contribution in [0.25, 0.3) is 0 Å². The minimum Gasteiger partial charge on any atom is -0.378 e. The summed E-state index contributed by atoms with van der Waals surface area (Å²) in [6.07, 6.45) is 1.58. The number of benzene rings is 1. The Morgan fingerprint density at radius 2 is 2.00 bits per heavy atom. The zero-order valence-electron chi connectivity index (χ0n) is 9.89. The molecule has 1 aromatic heterocycles. The van der Waals surface area contributed by atoms with E-state index in [2.05, 4.69) is 29.2 Å². The Bertz CT molecular complexity index is 476. The number of halogens is 1. The topological polar surface area (TPSA) is 42.7 Å². The zero-order chi connectivity index (χ0) is 12.3. The van der Waals surface area contributed by atoms with Crippen molar-refractivity contribution in [2.24, 2.45) is 0 Å². The van der Waals surface area contributed by atoms with Gasteiger partial charge >= 0.3 is 0 Å². The van der Waals surface area contributed by atoms with Crippen LogP contribution in [0.2, 0.25) is 5.02 Å². The molecule has 0 unspecified atom stereocenters. The van der Waals surface area contributed by atoms with Gasteiger partial charge in [-0.1, -0.05) is 11.6 Å². The molecule has 0 aliphatic rings. The van der Waals surface area contributed by atoms with Crippen molar-refractivity contribution in [3.63, 3.8) is 0 Å². The normalized spacial score (nSPS) is 10.8. The first-order valence-electron chi connectivity index (χ1n) is 5.54. The average Bonchev–Trinajstić information content (AvgIpc) is 2.76. The molecule has 0 saturated carbocycles. The molecule has 0 bridgehead atoms. The van der Waals surface area contributed by atoms with Crippen molar-refractivity contribution in [3.05, 3.63) is 41.4 Å². The van der Waals surface area contributed by atoms with E-state index < -0.39 is 0 Å². The van der Waals surface area contributed by atoms with Crippen molar-refractivity contribution in [2.45, 2.75) is 26.4 Å². The van der Waals surface area contributed by atoms with Crippen molar-refractivity contribution in [1.82, 2.24) is 14.8 Å². The third-order valence-corrected chi connectivity index (χ3v) is 2.68. The molecule has 17 heavy (non-hydrogen) atoms. The maximum atomic E-state index is 5.82. The molecule has 0 saturated heterocycles. The number of aromatic nitrogens is 3. The highest BCUT2D eigenvalue weighted by molar-refractivity contribution is 6.30. The van der Waals surface area contributed by atoms with E-state index in [4.69, 9.17) is 11.6 Å². The molecule has 0 spiro atoms. The Morgan fingerprint density at radius 3 is 2.65 bits per heavy atom. The second-order valence-corrected chi connectivity index (χ2v) is 4.51. The van der Waals surface area contributed by atoms with Gasteiger partial charge in [0.2, 0.25) is 0 Å². The molecule has 0 fully saturated rings. The van der Waals surface area contributed by atoms with Gasteiger partial charge in [-0.25, -0.2) is 9.67 Å². The molecule has 0 atom stereocenters. The smallest absolute Gasteiger partial charge is 0.146 e. The summed E-state index contributed by atoms with van der Waals surface area (Å²) in [7, 11) is 0. The molecular formula is C12H15ClN4. The predicted octanol–water partition coefficient (Wildman–Crippen LogP) is 3.12. The molecule has 90 valence electrons. The molecule has 1 aromatic carbocycles.